The molecule has 3 aromatic rings. The summed E-state index contributed by atoms with van der Waals surface area (Å²) in [5.41, 5.74) is 1.22. The van der Waals surface area contributed by atoms with E-state index in [9.17, 15) is 24.3 Å². The van der Waals surface area contributed by atoms with Crippen molar-refractivity contribution in [1.29, 1.82) is 0 Å². The minimum Gasteiger partial charge on any atom is -0.478 e. The van der Waals surface area contributed by atoms with E-state index in [1.807, 2.05) is 32.3 Å². The Morgan fingerprint density at radius 1 is 1.05 bits per heavy atom. The number of benzene rings is 2. The van der Waals surface area contributed by atoms with E-state index in [0.717, 1.165) is 6.42 Å². The highest BCUT2D eigenvalue weighted by atomic mass is 16.6. The summed E-state index contributed by atoms with van der Waals surface area (Å²) in [4.78, 5) is 55.9. The van der Waals surface area contributed by atoms with E-state index in [1.54, 1.807) is 32.3 Å². The Morgan fingerprint density at radius 2 is 1.73 bits per heavy atom. The molecule has 220 valence electrons. The molecule has 0 aliphatic heterocycles. The Morgan fingerprint density at radius 3 is 2.37 bits per heavy atom. The molecule has 1 unspecified atom stereocenters. The number of rotatable bonds is 11. The summed E-state index contributed by atoms with van der Waals surface area (Å²) in [5, 5.41) is 15.0. The van der Waals surface area contributed by atoms with Crippen LogP contribution in [0.5, 0.6) is 0 Å². The van der Waals surface area contributed by atoms with Crippen molar-refractivity contribution in [1.82, 2.24) is 19.8 Å². The number of carboxylic acids is 1. The Kier molecular flexibility index (Phi) is 10.1. The number of carboxylic acid groups (broad SMARTS) is 1. The number of hydrogen-bond donors (Lipinski definition) is 3. The molecule has 3 rings (SSSR count). The van der Waals surface area contributed by atoms with Crippen LogP contribution in [0.1, 0.15) is 90.5 Å². The van der Waals surface area contributed by atoms with Gasteiger partial charge in [-0.05, 0) is 76.8 Å². The highest BCUT2D eigenvalue weighted by Gasteiger charge is 2.25. The summed E-state index contributed by atoms with van der Waals surface area (Å²) in [7, 11) is 3.35. The van der Waals surface area contributed by atoms with Gasteiger partial charge in [0, 0.05) is 32.2 Å². The van der Waals surface area contributed by atoms with Gasteiger partial charge in [0.2, 0.25) is 5.95 Å². The number of para-hydroxylation sites is 1. The van der Waals surface area contributed by atoms with Gasteiger partial charge in [-0.3, -0.25) is 14.9 Å². The molecule has 41 heavy (non-hydrogen) atoms. The number of ether oxygens (including phenoxy) is 1. The van der Waals surface area contributed by atoms with Gasteiger partial charge in [0.25, 0.3) is 11.8 Å². The third kappa shape index (κ3) is 8.06. The van der Waals surface area contributed by atoms with E-state index in [0.29, 0.717) is 42.4 Å². The van der Waals surface area contributed by atoms with Gasteiger partial charge in [-0.15, -0.1) is 0 Å². The number of amides is 3. The van der Waals surface area contributed by atoms with E-state index >= 15 is 0 Å². The number of hydrogen-bond acceptors (Lipinski definition) is 6. The zero-order valence-electron chi connectivity index (χ0n) is 24.5. The van der Waals surface area contributed by atoms with Gasteiger partial charge >= 0.3 is 12.1 Å². The second-order valence-electron chi connectivity index (χ2n) is 11.0. The second-order valence-corrected chi connectivity index (χ2v) is 11.0. The normalized spacial score (nSPS) is 12.0. The van der Waals surface area contributed by atoms with Crippen molar-refractivity contribution in [2.45, 2.75) is 65.0 Å². The summed E-state index contributed by atoms with van der Waals surface area (Å²) >= 11 is 0. The van der Waals surface area contributed by atoms with E-state index < -0.39 is 23.6 Å². The predicted molar refractivity (Wildman–Crippen MR) is 157 cm³/mol. The molecule has 0 radical (unpaired) electrons. The monoisotopic (exact) mass is 565 g/mol. The summed E-state index contributed by atoms with van der Waals surface area (Å²) in [6.45, 7) is 7.89. The van der Waals surface area contributed by atoms with Crippen LogP contribution in [0, 0.1) is 0 Å². The smallest absolute Gasteiger partial charge is 0.407 e. The molecule has 11 heteroatoms. The number of aromatic nitrogens is 2. The maximum absolute atomic E-state index is 13.2. The Labute approximate surface area is 239 Å². The van der Waals surface area contributed by atoms with E-state index in [1.165, 1.54) is 29.2 Å². The third-order valence-corrected chi connectivity index (χ3v) is 6.41. The van der Waals surface area contributed by atoms with Crippen molar-refractivity contribution in [2.75, 3.05) is 26.0 Å². The van der Waals surface area contributed by atoms with Crippen LogP contribution in [0.4, 0.5) is 10.7 Å². The van der Waals surface area contributed by atoms with Crippen molar-refractivity contribution >= 4 is 40.9 Å². The van der Waals surface area contributed by atoms with Crippen molar-refractivity contribution < 1.29 is 29.0 Å². The zero-order chi connectivity index (χ0) is 30.3. The molecule has 0 saturated heterocycles. The lowest BCUT2D eigenvalue weighted by molar-refractivity contribution is 0.0525. The molecule has 3 N–H and O–H groups in total. The molecule has 1 atom stereocenters. The Balaban J connectivity index is 1.91. The van der Waals surface area contributed by atoms with Crippen LogP contribution in [-0.2, 0) is 4.74 Å². The van der Waals surface area contributed by atoms with Crippen LogP contribution in [-0.4, -0.2) is 69.7 Å². The summed E-state index contributed by atoms with van der Waals surface area (Å²) < 4.78 is 7.18. The first-order valence-electron chi connectivity index (χ1n) is 13.7. The van der Waals surface area contributed by atoms with Gasteiger partial charge in [-0.2, -0.15) is 0 Å². The highest BCUT2D eigenvalue weighted by molar-refractivity contribution is 6.08. The number of nitrogens with one attached hydrogen (secondary N) is 2. The number of aromatic carboxylic acids is 1. The highest BCUT2D eigenvalue weighted by Crippen LogP contribution is 2.32. The number of carbonyl (C=O) groups excluding carboxylic acids is 3. The van der Waals surface area contributed by atoms with Gasteiger partial charge in [-0.25, -0.2) is 14.6 Å². The van der Waals surface area contributed by atoms with Crippen molar-refractivity contribution in [3.8, 4) is 0 Å². The van der Waals surface area contributed by atoms with Crippen molar-refractivity contribution in [2.24, 2.45) is 0 Å². The van der Waals surface area contributed by atoms with Gasteiger partial charge < -0.3 is 24.6 Å². The summed E-state index contributed by atoms with van der Waals surface area (Å²) in [5.74, 6) is -1.57. The molecule has 11 nitrogen and oxygen atoms in total. The SMILES string of the molecule is CCC(CCCCNC(=O)OC(C)(C)C)n1c(NC(=O)c2cccc(C(=O)O)c2)nc2cccc(C(=O)N(C)C)c21. The maximum atomic E-state index is 13.2. The van der Waals surface area contributed by atoms with Crippen molar-refractivity contribution in [3.63, 3.8) is 0 Å². The van der Waals surface area contributed by atoms with Crippen LogP contribution >= 0.6 is 0 Å². The zero-order valence-corrected chi connectivity index (χ0v) is 24.5. The molecular formula is C30H39N5O6. The standard InChI is InChI=1S/C30H39N5O6/c1-7-21(14-8-9-17-31-29(40)41-30(2,3)4)35-24-22(26(37)34(5)6)15-11-16-23(24)32-28(35)33-25(36)19-12-10-13-20(18-19)27(38)39/h10-13,15-16,18,21H,7-9,14,17H2,1-6H3,(H,31,40)(H,38,39)(H,32,33,36). The quantitative estimate of drug-likeness (QED) is 0.267. The second kappa shape index (κ2) is 13.3. The maximum Gasteiger partial charge on any atom is 0.407 e. The molecule has 1 heterocycles. The largest absolute Gasteiger partial charge is 0.478 e. The van der Waals surface area contributed by atoms with E-state index in [4.69, 9.17) is 4.74 Å². The van der Waals surface area contributed by atoms with Crippen LogP contribution < -0.4 is 10.6 Å². The summed E-state index contributed by atoms with van der Waals surface area (Å²) in [6, 6.07) is 10.9. The fraction of sp³-hybridized carbons (Fsp3) is 0.433. The lowest BCUT2D eigenvalue weighted by Gasteiger charge is -2.22. The Bertz CT molecular complexity index is 1420. The Hall–Kier alpha value is -4.41. The lowest BCUT2D eigenvalue weighted by atomic mass is 10.1. The fourth-order valence-corrected chi connectivity index (χ4v) is 4.50. The van der Waals surface area contributed by atoms with E-state index in [-0.39, 0.29) is 29.0 Å². The van der Waals surface area contributed by atoms with Gasteiger partial charge in [0.1, 0.15) is 5.60 Å². The number of anilines is 1. The minimum absolute atomic E-state index is 0.00329. The molecule has 0 aliphatic carbocycles. The molecule has 0 fully saturated rings. The molecule has 0 spiro atoms. The number of fused-ring (bicyclic) bond motifs is 1. The van der Waals surface area contributed by atoms with Crippen molar-refractivity contribution in [3.05, 3.63) is 59.2 Å². The average Bonchev–Trinajstić information content (AvgIpc) is 3.27. The lowest BCUT2D eigenvalue weighted by Crippen LogP contribution is -2.33. The van der Waals surface area contributed by atoms with Gasteiger partial charge in [0.05, 0.1) is 22.2 Å². The number of unbranched alkanes of at least 4 members (excludes halogenated alkanes) is 1. The number of carbonyl (C=O) groups is 4. The first kappa shape index (κ1) is 31.1. The number of nitrogens with zero attached hydrogens (tertiary/aromatic N) is 3. The summed E-state index contributed by atoms with van der Waals surface area (Å²) in [6.07, 6.45) is 2.38. The first-order valence-corrected chi connectivity index (χ1v) is 13.7. The van der Waals surface area contributed by atoms with Crippen LogP contribution in [0.3, 0.4) is 0 Å². The molecule has 0 bridgehead atoms. The predicted octanol–water partition coefficient (Wildman–Crippen LogP) is 5.33. The average molecular weight is 566 g/mol. The number of imidazole rings is 1. The molecular weight excluding hydrogens is 526 g/mol. The molecule has 3 amide bonds. The number of alkyl carbamates (subject to hydrolysis) is 1. The van der Waals surface area contributed by atoms with Crippen LogP contribution in [0.15, 0.2) is 42.5 Å². The first-order chi connectivity index (χ1) is 19.3. The van der Waals surface area contributed by atoms with E-state index in [2.05, 4.69) is 15.6 Å². The molecule has 1 aromatic heterocycles. The van der Waals surface area contributed by atoms with Crippen LogP contribution in [0.2, 0.25) is 0 Å². The molecule has 0 aliphatic rings. The minimum atomic E-state index is -1.13. The topological polar surface area (TPSA) is 143 Å². The molecule has 2 aromatic carbocycles. The third-order valence-electron chi connectivity index (χ3n) is 6.41. The van der Waals surface area contributed by atoms with Gasteiger partial charge in [0.15, 0.2) is 0 Å². The van der Waals surface area contributed by atoms with Crippen LogP contribution in [0.25, 0.3) is 11.0 Å². The molecule has 0 saturated carbocycles. The van der Waals surface area contributed by atoms with Gasteiger partial charge in [-0.1, -0.05) is 19.1 Å². The fourth-order valence-electron chi connectivity index (χ4n) is 4.50.